The molecule has 0 aromatic heterocycles. The Morgan fingerprint density at radius 2 is 2.06 bits per heavy atom. The first kappa shape index (κ1) is 13.0. The summed E-state index contributed by atoms with van der Waals surface area (Å²) in [5.74, 6) is -0.689. The van der Waals surface area contributed by atoms with Gasteiger partial charge in [-0.3, -0.25) is 9.59 Å². The van der Waals surface area contributed by atoms with Gasteiger partial charge in [-0.25, -0.2) is 0 Å². The summed E-state index contributed by atoms with van der Waals surface area (Å²) in [4.78, 5) is 22.6. The third-order valence-corrected chi connectivity index (χ3v) is 2.51. The monoisotopic (exact) mass is 235 g/mol. The van der Waals surface area contributed by atoms with Crippen molar-refractivity contribution in [3.63, 3.8) is 0 Å². The van der Waals surface area contributed by atoms with Crippen molar-refractivity contribution in [2.24, 2.45) is 5.73 Å². The molecule has 0 bridgehead atoms. The molecule has 0 saturated heterocycles. The molecule has 5 heteroatoms. The van der Waals surface area contributed by atoms with E-state index in [4.69, 9.17) is 11.5 Å². The van der Waals surface area contributed by atoms with Crippen molar-refractivity contribution in [1.29, 1.82) is 0 Å². The van der Waals surface area contributed by atoms with Gasteiger partial charge in [0.25, 0.3) is 5.91 Å². The predicted molar refractivity (Wildman–Crippen MR) is 66.3 cm³/mol. The van der Waals surface area contributed by atoms with Crippen LogP contribution < -0.4 is 16.8 Å². The molecule has 2 amide bonds. The van der Waals surface area contributed by atoms with E-state index in [9.17, 15) is 9.59 Å². The Labute approximate surface area is 100 Å². The summed E-state index contributed by atoms with van der Waals surface area (Å²) in [6.07, 6.45) is 0.118. The minimum Gasteiger partial charge on any atom is -0.398 e. The molecule has 1 rings (SSSR count). The van der Waals surface area contributed by atoms with E-state index in [0.717, 1.165) is 5.56 Å². The van der Waals surface area contributed by atoms with Crippen molar-refractivity contribution < 1.29 is 9.59 Å². The molecule has 1 unspecified atom stereocenters. The van der Waals surface area contributed by atoms with E-state index in [1.807, 2.05) is 0 Å². The summed E-state index contributed by atoms with van der Waals surface area (Å²) < 4.78 is 0. The van der Waals surface area contributed by atoms with E-state index < -0.39 is 5.91 Å². The Kier molecular flexibility index (Phi) is 4.09. The topological polar surface area (TPSA) is 98.2 Å². The van der Waals surface area contributed by atoms with Crippen molar-refractivity contribution in [2.75, 3.05) is 5.73 Å². The second-order valence-electron chi connectivity index (χ2n) is 4.06. The van der Waals surface area contributed by atoms with Crippen LogP contribution in [0.5, 0.6) is 0 Å². The zero-order valence-corrected chi connectivity index (χ0v) is 9.99. The molecule has 0 heterocycles. The van der Waals surface area contributed by atoms with E-state index in [0.29, 0.717) is 11.3 Å². The maximum atomic E-state index is 11.9. The van der Waals surface area contributed by atoms with Crippen LogP contribution in [-0.4, -0.2) is 17.9 Å². The summed E-state index contributed by atoms with van der Waals surface area (Å²) in [5, 5.41) is 2.70. The summed E-state index contributed by atoms with van der Waals surface area (Å²) in [7, 11) is 0. The van der Waals surface area contributed by atoms with Crippen LogP contribution >= 0.6 is 0 Å². The van der Waals surface area contributed by atoms with Crippen molar-refractivity contribution in [3.05, 3.63) is 29.3 Å². The molecule has 0 radical (unpaired) electrons. The minimum absolute atomic E-state index is 0.118. The molecule has 1 aromatic carbocycles. The first-order valence-electron chi connectivity index (χ1n) is 5.36. The van der Waals surface area contributed by atoms with Crippen molar-refractivity contribution in [2.45, 2.75) is 26.3 Å². The van der Waals surface area contributed by atoms with E-state index in [2.05, 4.69) is 5.32 Å². The fourth-order valence-corrected chi connectivity index (χ4v) is 1.55. The number of anilines is 1. The summed E-state index contributed by atoms with van der Waals surface area (Å²) >= 11 is 0. The molecule has 1 aromatic rings. The largest absolute Gasteiger partial charge is 0.398 e. The molecule has 5 N–H and O–H groups in total. The third-order valence-electron chi connectivity index (χ3n) is 2.51. The van der Waals surface area contributed by atoms with E-state index in [1.54, 1.807) is 32.0 Å². The SMILES string of the molecule is Cc1c(N)cccc1C(=O)NC(C)CC(N)=O. The number of nitrogen functional groups attached to an aromatic ring is 1. The molecule has 0 fully saturated rings. The number of rotatable bonds is 4. The van der Waals surface area contributed by atoms with Crippen LogP contribution in [-0.2, 0) is 4.79 Å². The van der Waals surface area contributed by atoms with Gasteiger partial charge in [-0.2, -0.15) is 0 Å². The molecule has 1 atom stereocenters. The molecule has 17 heavy (non-hydrogen) atoms. The zero-order chi connectivity index (χ0) is 13.0. The highest BCUT2D eigenvalue weighted by atomic mass is 16.2. The number of nitrogens with one attached hydrogen (secondary N) is 1. The molecular formula is C12H17N3O2. The van der Waals surface area contributed by atoms with Gasteiger partial charge in [-0.15, -0.1) is 0 Å². The lowest BCUT2D eigenvalue weighted by molar-refractivity contribution is -0.118. The van der Waals surface area contributed by atoms with Gasteiger partial charge in [0, 0.05) is 23.7 Å². The number of benzene rings is 1. The average molecular weight is 235 g/mol. The van der Waals surface area contributed by atoms with Crippen LogP contribution in [0.4, 0.5) is 5.69 Å². The standard InChI is InChI=1S/C12H17N3O2/c1-7(6-11(14)16)15-12(17)9-4-3-5-10(13)8(9)2/h3-5,7H,6,13H2,1-2H3,(H2,14,16)(H,15,17). The Bertz CT molecular complexity index is 443. The number of carbonyl (C=O) groups is 2. The Hall–Kier alpha value is -2.04. The fourth-order valence-electron chi connectivity index (χ4n) is 1.55. The van der Waals surface area contributed by atoms with Crippen LogP contribution in [0.2, 0.25) is 0 Å². The van der Waals surface area contributed by atoms with Crippen LogP contribution in [0, 0.1) is 6.92 Å². The number of carbonyl (C=O) groups excluding carboxylic acids is 2. The van der Waals surface area contributed by atoms with Gasteiger partial charge in [0.05, 0.1) is 0 Å². The molecule has 92 valence electrons. The molecule has 0 spiro atoms. The molecule has 0 saturated carbocycles. The van der Waals surface area contributed by atoms with Crippen molar-refractivity contribution in [1.82, 2.24) is 5.32 Å². The van der Waals surface area contributed by atoms with Crippen molar-refractivity contribution >= 4 is 17.5 Å². The van der Waals surface area contributed by atoms with E-state index in [-0.39, 0.29) is 18.4 Å². The number of amides is 2. The van der Waals surface area contributed by atoms with Gasteiger partial charge in [0.15, 0.2) is 0 Å². The van der Waals surface area contributed by atoms with Crippen LogP contribution in [0.3, 0.4) is 0 Å². The lowest BCUT2D eigenvalue weighted by Gasteiger charge is -2.14. The highest BCUT2D eigenvalue weighted by Crippen LogP contribution is 2.15. The van der Waals surface area contributed by atoms with Gasteiger partial charge in [-0.1, -0.05) is 6.07 Å². The molecular weight excluding hydrogens is 218 g/mol. The lowest BCUT2D eigenvalue weighted by atomic mass is 10.1. The highest BCUT2D eigenvalue weighted by Gasteiger charge is 2.14. The highest BCUT2D eigenvalue weighted by molar-refractivity contribution is 5.97. The number of nitrogens with two attached hydrogens (primary N) is 2. The third kappa shape index (κ3) is 3.48. The second kappa shape index (κ2) is 5.34. The fraction of sp³-hybridized carbons (Fsp3) is 0.333. The smallest absolute Gasteiger partial charge is 0.251 e. The average Bonchev–Trinajstić information content (AvgIpc) is 2.20. The lowest BCUT2D eigenvalue weighted by Crippen LogP contribution is -2.36. The normalized spacial score (nSPS) is 11.9. The first-order chi connectivity index (χ1) is 7.91. The van der Waals surface area contributed by atoms with Crippen LogP contribution in [0.15, 0.2) is 18.2 Å². The number of hydrogen-bond donors (Lipinski definition) is 3. The molecule has 0 aliphatic rings. The minimum atomic E-state index is -0.443. The van der Waals surface area contributed by atoms with Gasteiger partial charge in [-0.05, 0) is 31.5 Å². The van der Waals surface area contributed by atoms with Gasteiger partial charge < -0.3 is 16.8 Å². The van der Waals surface area contributed by atoms with Crippen LogP contribution in [0.25, 0.3) is 0 Å². The second-order valence-corrected chi connectivity index (χ2v) is 4.06. The summed E-state index contributed by atoms with van der Waals surface area (Å²) in [6.45, 7) is 3.51. The van der Waals surface area contributed by atoms with Crippen molar-refractivity contribution in [3.8, 4) is 0 Å². The Morgan fingerprint density at radius 3 is 2.65 bits per heavy atom. The maximum Gasteiger partial charge on any atom is 0.251 e. The van der Waals surface area contributed by atoms with E-state index in [1.165, 1.54) is 0 Å². The Balaban J connectivity index is 2.77. The first-order valence-corrected chi connectivity index (χ1v) is 5.36. The molecule has 5 nitrogen and oxygen atoms in total. The maximum absolute atomic E-state index is 11.9. The predicted octanol–water partition coefficient (Wildman–Crippen LogP) is 0.571. The number of hydrogen-bond acceptors (Lipinski definition) is 3. The quantitative estimate of drug-likeness (QED) is 0.665. The molecule has 0 aliphatic carbocycles. The summed E-state index contributed by atoms with van der Waals surface area (Å²) in [5.41, 5.74) is 12.6. The van der Waals surface area contributed by atoms with E-state index >= 15 is 0 Å². The number of primary amides is 1. The molecule has 0 aliphatic heterocycles. The summed E-state index contributed by atoms with van der Waals surface area (Å²) in [6, 6.07) is 4.85. The zero-order valence-electron chi connectivity index (χ0n) is 9.99. The Morgan fingerprint density at radius 1 is 1.41 bits per heavy atom. The van der Waals surface area contributed by atoms with Gasteiger partial charge in [0.1, 0.15) is 0 Å². The van der Waals surface area contributed by atoms with Gasteiger partial charge in [0.2, 0.25) is 5.91 Å². The van der Waals surface area contributed by atoms with Crippen LogP contribution in [0.1, 0.15) is 29.3 Å². The van der Waals surface area contributed by atoms with Gasteiger partial charge >= 0.3 is 0 Å².